The number of aryl methyl sites for hydroxylation is 2. The first-order valence-corrected chi connectivity index (χ1v) is 9.12. The third-order valence-corrected chi connectivity index (χ3v) is 5.63. The monoisotopic (exact) mass is 354 g/mol. The summed E-state index contributed by atoms with van der Waals surface area (Å²) in [5.41, 5.74) is 3.10. The Balaban J connectivity index is 1.76. The van der Waals surface area contributed by atoms with Crippen LogP contribution in [0, 0.1) is 13.8 Å². The van der Waals surface area contributed by atoms with Gasteiger partial charge >= 0.3 is 0 Å². The Labute approximate surface area is 152 Å². The molecule has 2 amide bonds. The minimum Gasteiger partial charge on any atom is -0.348 e. The zero-order chi connectivity index (χ0) is 18.3. The molecule has 0 saturated carbocycles. The van der Waals surface area contributed by atoms with Gasteiger partial charge in [-0.25, -0.2) is 0 Å². The molecule has 1 aromatic carbocycles. The molecule has 0 saturated heterocycles. The minimum atomic E-state index is -0.616. The molecule has 0 unspecified atom stereocenters. The number of nitrogens with one attached hydrogen (secondary N) is 1. The minimum absolute atomic E-state index is 0.103. The van der Waals surface area contributed by atoms with Gasteiger partial charge in [-0.2, -0.15) is 0 Å². The summed E-state index contributed by atoms with van der Waals surface area (Å²) in [4.78, 5) is 29.3. The number of rotatable bonds is 4. The number of hydrogen-bond donors (Lipinski definition) is 1. The molecule has 2 heterocycles. The number of carbonyl (C=O) groups excluding carboxylic acids is 2. The molecular formula is C20H22N2O2S. The van der Waals surface area contributed by atoms with Crippen molar-refractivity contribution in [1.29, 1.82) is 0 Å². The zero-order valence-corrected chi connectivity index (χ0v) is 15.7. The highest BCUT2D eigenvalue weighted by molar-refractivity contribution is 7.12. The Kier molecular flexibility index (Phi) is 4.52. The highest BCUT2D eigenvalue weighted by Gasteiger charge is 2.37. The first kappa shape index (κ1) is 17.4. The van der Waals surface area contributed by atoms with E-state index in [0.717, 1.165) is 11.1 Å². The van der Waals surface area contributed by atoms with E-state index in [4.69, 9.17) is 0 Å². The summed E-state index contributed by atoms with van der Waals surface area (Å²) < 4.78 is 0. The summed E-state index contributed by atoms with van der Waals surface area (Å²) in [5, 5.41) is 3.03. The topological polar surface area (TPSA) is 49.4 Å². The van der Waals surface area contributed by atoms with Crippen molar-refractivity contribution in [1.82, 2.24) is 10.2 Å². The van der Waals surface area contributed by atoms with E-state index >= 15 is 0 Å². The average molecular weight is 354 g/mol. The second kappa shape index (κ2) is 6.48. The number of fused-ring (bicyclic) bond motifs is 1. The van der Waals surface area contributed by atoms with Gasteiger partial charge in [-0.05, 0) is 45.4 Å². The van der Waals surface area contributed by atoms with Crippen LogP contribution in [0.25, 0.3) is 5.70 Å². The molecule has 0 bridgehead atoms. The lowest BCUT2D eigenvalue weighted by Gasteiger charge is -2.26. The fourth-order valence-electron chi connectivity index (χ4n) is 3.32. The van der Waals surface area contributed by atoms with Gasteiger partial charge in [0.25, 0.3) is 5.91 Å². The van der Waals surface area contributed by atoms with Crippen LogP contribution in [0.5, 0.6) is 0 Å². The van der Waals surface area contributed by atoms with Crippen molar-refractivity contribution < 1.29 is 9.59 Å². The van der Waals surface area contributed by atoms with E-state index in [2.05, 4.69) is 31.8 Å². The van der Waals surface area contributed by atoms with Crippen molar-refractivity contribution in [2.45, 2.75) is 39.8 Å². The van der Waals surface area contributed by atoms with Gasteiger partial charge in [-0.1, -0.05) is 24.8 Å². The lowest BCUT2D eigenvalue weighted by atomic mass is 10.1. The Hall–Kier alpha value is -2.40. The Morgan fingerprint density at radius 2 is 1.84 bits per heavy atom. The van der Waals surface area contributed by atoms with Gasteiger partial charge in [0.05, 0.1) is 6.04 Å². The normalized spacial score (nSPS) is 15.9. The molecule has 1 aromatic heterocycles. The first-order valence-electron chi connectivity index (χ1n) is 8.30. The fraction of sp³-hybridized carbons (Fsp3) is 0.300. The van der Waals surface area contributed by atoms with Gasteiger partial charge < -0.3 is 5.32 Å². The molecular weight excluding hydrogens is 332 g/mol. The van der Waals surface area contributed by atoms with Gasteiger partial charge in [0, 0.05) is 26.6 Å². The molecule has 5 heteroatoms. The van der Waals surface area contributed by atoms with Crippen molar-refractivity contribution in [2.24, 2.45) is 0 Å². The molecule has 1 aliphatic heterocycles. The molecule has 130 valence electrons. The van der Waals surface area contributed by atoms with Crippen molar-refractivity contribution in [3.63, 3.8) is 0 Å². The van der Waals surface area contributed by atoms with Gasteiger partial charge in [-0.3, -0.25) is 14.5 Å². The van der Waals surface area contributed by atoms with E-state index in [0.29, 0.717) is 11.3 Å². The molecule has 4 nitrogen and oxygen atoms in total. The van der Waals surface area contributed by atoms with E-state index in [-0.39, 0.29) is 17.9 Å². The summed E-state index contributed by atoms with van der Waals surface area (Å²) in [6.45, 7) is 11.8. The predicted octanol–water partition coefficient (Wildman–Crippen LogP) is 4.06. The van der Waals surface area contributed by atoms with Crippen molar-refractivity contribution in [3.05, 3.63) is 63.4 Å². The standard InChI is InChI=1S/C20H22N2O2S/c1-11-10-18(15(5)25-11)12(2)21-19(23)14(4)22-13(3)16-8-6-7-9-17(16)20(22)24/h6-10,12,14H,3H2,1-2,4-5H3,(H,21,23)/t12-,14+/m0/s1. The maximum Gasteiger partial charge on any atom is 0.259 e. The van der Waals surface area contributed by atoms with Crippen LogP contribution in [-0.4, -0.2) is 22.8 Å². The van der Waals surface area contributed by atoms with Gasteiger partial charge in [0.1, 0.15) is 6.04 Å². The average Bonchev–Trinajstić information content (AvgIpc) is 3.04. The Bertz CT molecular complexity index is 833. The lowest BCUT2D eigenvalue weighted by Crippen LogP contribution is -2.45. The van der Waals surface area contributed by atoms with Crippen LogP contribution in [0.4, 0.5) is 0 Å². The third-order valence-electron chi connectivity index (χ3n) is 4.65. The highest BCUT2D eigenvalue weighted by atomic mass is 32.1. The van der Waals surface area contributed by atoms with Crippen molar-refractivity contribution in [3.8, 4) is 0 Å². The number of thiophene rings is 1. The van der Waals surface area contributed by atoms with Crippen LogP contribution in [-0.2, 0) is 4.79 Å². The van der Waals surface area contributed by atoms with E-state index in [9.17, 15) is 9.59 Å². The van der Waals surface area contributed by atoms with Crippen LogP contribution in [0.15, 0.2) is 36.9 Å². The second-order valence-electron chi connectivity index (χ2n) is 6.44. The fourth-order valence-corrected chi connectivity index (χ4v) is 4.34. The molecule has 2 aromatic rings. The third kappa shape index (κ3) is 3.00. The van der Waals surface area contributed by atoms with Crippen LogP contribution < -0.4 is 5.32 Å². The van der Waals surface area contributed by atoms with E-state index < -0.39 is 6.04 Å². The summed E-state index contributed by atoms with van der Waals surface area (Å²) in [6, 6.07) is 8.71. The van der Waals surface area contributed by atoms with Gasteiger partial charge in [0.2, 0.25) is 5.91 Å². The number of nitrogens with zero attached hydrogens (tertiary/aromatic N) is 1. The summed E-state index contributed by atoms with van der Waals surface area (Å²) >= 11 is 1.72. The predicted molar refractivity (Wildman–Crippen MR) is 101 cm³/mol. The Morgan fingerprint density at radius 3 is 2.40 bits per heavy atom. The number of benzene rings is 1. The molecule has 1 N–H and O–H groups in total. The SMILES string of the molecule is C=C1c2ccccc2C(=O)N1[C@H](C)C(=O)N[C@@H](C)c1cc(C)sc1C. The quantitative estimate of drug-likeness (QED) is 0.900. The molecule has 1 aliphatic rings. The number of amides is 2. The summed E-state index contributed by atoms with van der Waals surface area (Å²) in [5.74, 6) is -0.350. The van der Waals surface area contributed by atoms with Gasteiger partial charge in [-0.15, -0.1) is 11.3 Å². The molecule has 2 atom stereocenters. The van der Waals surface area contributed by atoms with E-state index in [1.165, 1.54) is 14.7 Å². The maximum absolute atomic E-state index is 12.7. The lowest BCUT2D eigenvalue weighted by molar-refractivity contribution is -0.124. The summed E-state index contributed by atoms with van der Waals surface area (Å²) in [6.07, 6.45) is 0. The smallest absolute Gasteiger partial charge is 0.259 e. The summed E-state index contributed by atoms with van der Waals surface area (Å²) in [7, 11) is 0. The van der Waals surface area contributed by atoms with Crippen LogP contribution >= 0.6 is 11.3 Å². The van der Waals surface area contributed by atoms with Crippen molar-refractivity contribution in [2.75, 3.05) is 0 Å². The first-order chi connectivity index (χ1) is 11.8. The van der Waals surface area contributed by atoms with Crippen LogP contribution in [0.3, 0.4) is 0 Å². The second-order valence-corrected chi connectivity index (χ2v) is 7.90. The molecule has 25 heavy (non-hydrogen) atoms. The van der Waals surface area contributed by atoms with Crippen LogP contribution in [0.1, 0.15) is 51.1 Å². The van der Waals surface area contributed by atoms with Crippen LogP contribution in [0.2, 0.25) is 0 Å². The molecule has 0 radical (unpaired) electrons. The largest absolute Gasteiger partial charge is 0.348 e. The molecule has 3 rings (SSSR count). The van der Waals surface area contributed by atoms with E-state index in [1.807, 2.05) is 25.1 Å². The molecule has 0 spiro atoms. The number of carbonyl (C=O) groups is 2. The Morgan fingerprint density at radius 1 is 1.20 bits per heavy atom. The molecule has 0 fully saturated rings. The van der Waals surface area contributed by atoms with Crippen molar-refractivity contribution >= 4 is 28.8 Å². The molecule has 0 aliphatic carbocycles. The van der Waals surface area contributed by atoms with E-state index in [1.54, 1.807) is 24.3 Å². The van der Waals surface area contributed by atoms with Gasteiger partial charge in [0.15, 0.2) is 0 Å². The maximum atomic E-state index is 12.7. The highest BCUT2D eigenvalue weighted by Crippen LogP contribution is 2.33. The number of hydrogen-bond acceptors (Lipinski definition) is 3. The zero-order valence-electron chi connectivity index (χ0n) is 14.9.